The van der Waals surface area contributed by atoms with Gasteiger partial charge in [-0.3, -0.25) is 0 Å². The Balaban J connectivity index is 2.15. The lowest BCUT2D eigenvalue weighted by molar-refractivity contribution is -0.145. The summed E-state index contributed by atoms with van der Waals surface area (Å²) in [6.07, 6.45) is 5.13. The maximum absolute atomic E-state index is 6.23. The van der Waals surface area contributed by atoms with Gasteiger partial charge in [0.25, 0.3) is 0 Å². The Bertz CT molecular complexity index is 236. The first-order valence-electron chi connectivity index (χ1n) is 6.81. The van der Waals surface area contributed by atoms with Gasteiger partial charge in [-0.25, -0.2) is 0 Å². The van der Waals surface area contributed by atoms with Crippen LogP contribution < -0.4 is 5.32 Å². The summed E-state index contributed by atoms with van der Waals surface area (Å²) in [6, 6.07) is 0.515. The predicted molar refractivity (Wildman–Crippen MR) is 67.6 cm³/mol. The zero-order valence-electron chi connectivity index (χ0n) is 11.3. The van der Waals surface area contributed by atoms with Gasteiger partial charge in [0.1, 0.15) is 0 Å². The molecule has 1 saturated heterocycles. The molecule has 2 nitrogen and oxygen atoms in total. The average molecular weight is 225 g/mol. The molecule has 2 rings (SSSR count). The van der Waals surface area contributed by atoms with Crippen molar-refractivity contribution in [1.29, 1.82) is 0 Å². The van der Waals surface area contributed by atoms with Crippen LogP contribution in [0.2, 0.25) is 0 Å². The van der Waals surface area contributed by atoms with Gasteiger partial charge in [0.05, 0.1) is 12.2 Å². The van der Waals surface area contributed by atoms with E-state index in [9.17, 15) is 0 Å². The minimum Gasteiger partial charge on any atom is -0.372 e. The molecule has 0 aromatic carbocycles. The minimum absolute atomic E-state index is 0.128. The third-order valence-electron chi connectivity index (χ3n) is 4.35. The molecule has 1 heterocycles. The molecular weight excluding hydrogens is 198 g/mol. The van der Waals surface area contributed by atoms with Crippen LogP contribution in [-0.4, -0.2) is 24.8 Å². The second kappa shape index (κ2) is 4.30. The molecule has 0 bridgehead atoms. The van der Waals surface area contributed by atoms with Gasteiger partial charge >= 0.3 is 0 Å². The molecule has 1 spiro atoms. The van der Waals surface area contributed by atoms with E-state index in [0.717, 1.165) is 19.1 Å². The van der Waals surface area contributed by atoms with Crippen molar-refractivity contribution in [1.82, 2.24) is 5.32 Å². The summed E-state index contributed by atoms with van der Waals surface area (Å²) in [6.45, 7) is 11.3. The minimum atomic E-state index is 0.128. The largest absolute Gasteiger partial charge is 0.372 e. The fourth-order valence-electron chi connectivity index (χ4n) is 3.51. The van der Waals surface area contributed by atoms with Crippen LogP contribution in [0.4, 0.5) is 0 Å². The Labute approximate surface area is 100 Å². The first-order chi connectivity index (χ1) is 7.44. The Morgan fingerprint density at radius 1 is 1.19 bits per heavy atom. The topological polar surface area (TPSA) is 21.3 Å². The van der Waals surface area contributed by atoms with E-state index in [0.29, 0.717) is 11.5 Å². The lowest BCUT2D eigenvalue weighted by Gasteiger charge is -2.52. The van der Waals surface area contributed by atoms with Crippen LogP contribution in [0, 0.1) is 11.3 Å². The second-order valence-electron chi connectivity index (χ2n) is 6.85. The Morgan fingerprint density at radius 2 is 1.81 bits per heavy atom. The van der Waals surface area contributed by atoms with Crippen LogP contribution in [0.25, 0.3) is 0 Å². The van der Waals surface area contributed by atoms with Crippen LogP contribution in [0.5, 0.6) is 0 Å². The molecule has 2 fully saturated rings. The van der Waals surface area contributed by atoms with Crippen LogP contribution in [0.3, 0.4) is 0 Å². The van der Waals surface area contributed by atoms with Crippen molar-refractivity contribution in [2.75, 3.05) is 13.2 Å². The molecule has 2 aliphatic rings. The number of morpholine rings is 1. The fraction of sp³-hybridized carbons (Fsp3) is 1.00. The summed E-state index contributed by atoms with van der Waals surface area (Å²) in [7, 11) is 0. The molecule has 16 heavy (non-hydrogen) atoms. The zero-order chi connectivity index (χ0) is 11.8. The number of hydrogen-bond donors (Lipinski definition) is 1. The highest BCUT2D eigenvalue weighted by Crippen LogP contribution is 2.43. The van der Waals surface area contributed by atoms with Gasteiger partial charge in [-0.2, -0.15) is 0 Å². The number of hydrogen-bond acceptors (Lipinski definition) is 2. The molecule has 1 aliphatic heterocycles. The van der Waals surface area contributed by atoms with E-state index in [1.54, 1.807) is 0 Å². The van der Waals surface area contributed by atoms with Crippen LogP contribution in [-0.2, 0) is 4.74 Å². The number of ether oxygens (including phenoxy) is 1. The first kappa shape index (κ1) is 12.4. The van der Waals surface area contributed by atoms with E-state index in [-0.39, 0.29) is 5.60 Å². The molecule has 1 aliphatic carbocycles. The van der Waals surface area contributed by atoms with E-state index in [4.69, 9.17) is 4.74 Å². The van der Waals surface area contributed by atoms with Gasteiger partial charge in [0.15, 0.2) is 0 Å². The molecule has 1 atom stereocenters. The van der Waals surface area contributed by atoms with Crippen LogP contribution in [0.1, 0.15) is 53.4 Å². The van der Waals surface area contributed by atoms with Crippen LogP contribution >= 0.6 is 0 Å². The molecule has 2 heteroatoms. The van der Waals surface area contributed by atoms with Crippen molar-refractivity contribution in [2.24, 2.45) is 11.3 Å². The van der Waals surface area contributed by atoms with E-state index in [1.165, 1.54) is 25.7 Å². The predicted octanol–water partition coefficient (Wildman–Crippen LogP) is 2.97. The highest BCUT2D eigenvalue weighted by atomic mass is 16.5. The summed E-state index contributed by atoms with van der Waals surface area (Å²) in [4.78, 5) is 0. The molecule has 0 aromatic heterocycles. The van der Waals surface area contributed by atoms with Gasteiger partial charge in [0, 0.05) is 12.6 Å². The Morgan fingerprint density at radius 3 is 2.38 bits per heavy atom. The Kier molecular flexibility index (Phi) is 3.33. The van der Waals surface area contributed by atoms with Crippen molar-refractivity contribution in [3.05, 3.63) is 0 Å². The highest BCUT2D eigenvalue weighted by Gasteiger charge is 2.48. The molecule has 0 radical (unpaired) electrons. The van der Waals surface area contributed by atoms with Crippen molar-refractivity contribution in [3.63, 3.8) is 0 Å². The highest BCUT2D eigenvalue weighted by molar-refractivity contribution is 5.03. The Hall–Kier alpha value is -0.0800. The molecular formula is C14H27NO. The summed E-state index contributed by atoms with van der Waals surface area (Å²) < 4.78 is 6.23. The van der Waals surface area contributed by atoms with Gasteiger partial charge < -0.3 is 10.1 Å². The average Bonchev–Trinajstić information content (AvgIpc) is 2.22. The molecule has 1 saturated carbocycles. The molecule has 0 aromatic rings. The van der Waals surface area contributed by atoms with Crippen molar-refractivity contribution >= 4 is 0 Å². The first-order valence-corrected chi connectivity index (χ1v) is 6.81. The molecule has 1 N–H and O–H groups in total. The van der Waals surface area contributed by atoms with E-state index < -0.39 is 0 Å². The van der Waals surface area contributed by atoms with E-state index in [2.05, 4.69) is 33.0 Å². The van der Waals surface area contributed by atoms with Crippen molar-refractivity contribution in [2.45, 2.75) is 65.0 Å². The lowest BCUT2D eigenvalue weighted by Crippen LogP contribution is -2.64. The van der Waals surface area contributed by atoms with Crippen LogP contribution in [0.15, 0.2) is 0 Å². The quantitative estimate of drug-likeness (QED) is 0.684. The second-order valence-corrected chi connectivity index (χ2v) is 6.85. The molecule has 94 valence electrons. The summed E-state index contributed by atoms with van der Waals surface area (Å²) in [5.41, 5.74) is 0.421. The van der Waals surface area contributed by atoms with Crippen molar-refractivity contribution < 1.29 is 4.74 Å². The number of nitrogens with one attached hydrogen (secondary N) is 1. The monoisotopic (exact) mass is 225 g/mol. The number of rotatable bonds is 0. The van der Waals surface area contributed by atoms with E-state index >= 15 is 0 Å². The van der Waals surface area contributed by atoms with Gasteiger partial charge in [-0.1, -0.05) is 27.7 Å². The van der Waals surface area contributed by atoms with Gasteiger partial charge in [-0.05, 0) is 37.0 Å². The normalized spacial score (nSPS) is 41.2. The molecule has 0 amide bonds. The molecule has 1 unspecified atom stereocenters. The zero-order valence-corrected chi connectivity index (χ0v) is 11.3. The standard InChI is InChI=1S/C14H27NO/c1-11-5-7-14(8-6-11)12(13(2,3)4)15-9-10-16-14/h11-12,15H,5-10H2,1-4H3. The fourth-order valence-corrected chi connectivity index (χ4v) is 3.51. The lowest BCUT2D eigenvalue weighted by atomic mass is 9.67. The maximum Gasteiger partial charge on any atom is 0.0840 e. The van der Waals surface area contributed by atoms with Gasteiger partial charge in [0.2, 0.25) is 0 Å². The third-order valence-corrected chi connectivity index (χ3v) is 4.35. The maximum atomic E-state index is 6.23. The smallest absolute Gasteiger partial charge is 0.0840 e. The summed E-state index contributed by atoms with van der Waals surface area (Å²) in [5, 5.41) is 3.71. The SMILES string of the molecule is CC1CCC2(CC1)OCCNC2C(C)(C)C. The van der Waals surface area contributed by atoms with Crippen molar-refractivity contribution in [3.8, 4) is 0 Å². The summed E-state index contributed by atoms with van der Waals surface area (Å²) >= 11 is 0. The van der Waals surface area contributed by atoms with Gasteiger partial charge in [-0.15, -0.1) is 0 Å². The third kappa shape index (κ3) is 2.28. The van der Waals surface area contributed by atoms with E-state index in [1.807, 2.05) is 0 Å². The summed E-state index contributed by atoms with van der Waals surface area (Å²) in [5.74, 6) is 0.886.